The van der Waals surface area contributed by atoms with Crippen molar-refractivity contribution in [2.24, 2.45) is 5.73 Å². The van der Waals surface area contributed by atoms with Gasteiger partial charge in [0.2, 0.25) is 0 Å². The van der Waals surface area contributed by atoms with Gasteiger partial charge in [-0.05, 0) is 93.1 Å². The number of fused-ring (bicyclic) bond motifs is 1. The molecule has 0 saturated heterocycles. The minimum atomic E-state index is 0.689. The van der Waals surface area contributed by atoms with E-state index in [1.54, 1.807) is 0 Å². The molecular weight excluding hydrogens is 308 g/mol. The van der Waals surface area contributed by atoms with Crippen molar-refractivity contribution in [3.05, 3.63) is 53.1 Å². The SMILES string of the molecule is CCOc1ccc(-c2[nH]c3c(C)ccc(C)c3c2CCCCN)cc1. The van der Waals surface area contributed by atoms with Gasteiger partial charge in [0, 0.05) is 16.6 Å². The molecule has 3 N–H and O–H groups in total. The van der Waals surface area contributed by atoms with Crippen LogP contribution in [0.25, 0.3) is 22.2 Å². The third-order valence-electron chi connectivity index (χ3n) is 4.81. The minimum absolute atomic E-state index is 0.689. The zero-order valence-electron chi connectivity index (χ0n) is 15.5. The number of nitrogens with two attached hydrogens (primary N) is 1. The molecule has 25 heavy (non-hydrogen) atoms. The molecule has 1 aromatic heterocycles. The van der Waals surface area contributed by atoms with Gasteiger partial charge in [0.1, 0.15) is 5.75 Å². The maximum Gasteiger partial charge on any atom is 0.119 e. The smallest absolute Gasteiger partial charge is 0.119 e. The van der Waals surface area contributed by atoms with Crippen LogP contribution in [-0.4, -0.2) is 18.1 Å². The summed E-state index contributed by atoms with van der Waals surface area (Å²) in [6.07, 6.45) is 3.21. The first kappa shape index (κ1) is 17.6. The van der Waals surface area contributed by atoms with E-state index in [-0.39, 0.29) is 0 Å². The van der Waals surface area contributed by atoms with Gasteiger partial charge in [0.05, 0.1) is 6.61 Å². The van der Waals surface area contributed by atoms with Crippen molar-refractivity contribution >= 4 is 10.9 Å². The lowest BCUT2D eigenvalue weighted by atomic mass is 9.97. The van der Waals surface area contributed by atoms with Gasteiger partial charge in [-0.1, -0.05) is 12.1 Å². The second-order valence-electron chi connectivity index (χ2n) is 6.63. The summed E-state index contributed by atoms with van der Waals surface area (Å²) in [5, 5.41) is 1.38. The maximum absolute atomic E-state index is 5.71. The van der Waals surface area contributed by atoms with Crippen molar-refractivity contribution in [2.45, 2.75) is 40.0 Å². The molecule has 3 aromatic rings. The van der Waals surface area contributed by atoms with E-state index >= 15 is 0 Å². The van der Waals surface area contributed by atoms with Gasteiger partial charge in [0.15, 0.2) is 0 Å². The molecule has 0 amide bonds. The molecule has 1 heterocycles. The third-order valence-corrected chi connectivity index (χ3v) is 4.81. The number of hydrogen-bond acceptors (Lipinski definition) is 2. The van der Waals surface area contributed by atoms with Crippen molar-refractivity contribution in [1.29, 1.82) is 0 Å². The second-order valence-corrected chi connectivity index (χ2v) is 6.63. The zero-order valence-corrected chi connectivity index (χ0v) is 15.5. The van der Waals surface area contributed by atoms with Crippen LogP contribution in [0.4, 0.5) is 0 Å². The van der Waals surface area contributed by atoms with Gasteiger partial charge in [-0.15, -0.1) is 0 Å². The molecule has 0 aliphatic carbocycles. The number of H-pyrrole nitrogens is 1. The van der Waals surface area contributed by atoms with Crippen LogP contribution in [0.5, 0.6) is 5.75 Å². The lowest BCUT2D eigenvalue weighted by Crippen LogP contribution is -1.99. The van der Waals surface area contributed by atoms with E-state index in [4.69, 9.17) is 10.5 Å². The van der Waals surface area contributed by atoms with Crippen molar-refractivity contribution < 1.29 is 4.74 Å². The highest BCUT2D eigenvalue weighted by Gasteiger charge is 2.16. The van der Waals surface area contributed by atoms with Crippen LogP contribution in [0.1, 0.15) is 36.5 Å². The van der Waals surface area contributed by atoms with Crippen molar-refractivity contribution in [1.82, 2.24) is 4.98 Å². The Hall–Kier alpha value is -2.26. The topological polar surface area (TPSA) is 51.0 Å². The lowest BCUT2D eigenvalue weighted by molar-refractivity contribution is 0.340. The maximum atomic E-state index is 5.71. The monoisotopic (exact) mass is 336 g/mol. The molecular formula is C22H28N2O. The fourth-order valence-corrected chi connectivity index (χ4v) is 3.51. The normalized spacial score (nSPS) is 11.2. The van der Waals surface area contributed by atoms with Gasteiger partial charge in [0.25, 0.3) is 0 Å². The summed E-state index contributed by atoms with van der Waals surface area (Å²) in [4.78, 5) is 3.70. The molecule has 3 rings (SSSR count). The standard InChI is InChI=1S/C22H28N2O/c1-4-25-18-12-10-17(11-13-18)22-19(7-5-6-14-23)20-15(2)8-9-16(3)21(20)24-22/h8-13,24H,4-7,14,23H2,1-3H3. The second kappa shape index (κ2) is 7.75. The first-order chi connectivity index (χ1) is 12.2. The summed E-state index contributed by atoms with van der Waals surface area (Å²) in [5.74, 6) is 0.916. The van der Waals surface area contributed by atoms with Crippen LogP contribution in [0.15, 0.2) is 36.4 Å². The number of aromatic nitrogens is 1. The van der Waals surface area contributed by atoms with Crippen LogP contribution in [-0.2, 0) is 6.42 Å². The molecule has 0 unspecified atom stereocenters. The van der Waals surface area contributed by atoms with Crippen LogP contribution >= 0.6 is 0 Å². The van der Waals surface area contributed by atoms with Crippen molar-refractivity contribution in [3.63, 3.8) is 0 Å². The number of aryl methyl sites for hydroxylation is 3. The molecule has 2 aromatic carbocycles. The Balaban J connectivity index is 2.10. The number of benzene rings is 2. The predicted octanol–water partition coefficient (Wildman–Crippen LogP) is 5.13. The van der Waals surface area contributed by atoms with E-state index in [1.807, 2.05) is 19.1 Å². The van der Waals surface area contributed by atoms with Gasteiger partial charge in [-0.2, -0.15) is 0 Å². The summed E-state index contributed by atoms with van der Waals surface area (Å²) in [6, 6.07) is 12.8. The minimum Gasteiger partial charge on any atom is -0.494 e. The molecule has 0 radical (unpaired) electrons. The quantitative estimate of drug-likeness (QED) is 0.588. The Labute approximate surface area is 150 Å². The van der Waals surface area contributed by atoms with E-state index in [0.29, 0.717) is 6.61 Å². The van der Waals surface area contributed by atoms with Crippen LogP contribution in [0.3, 0.4) is 0 Å². The number of ether oxygens (including phenoxy) is 1. The first-order valence-corrected chi connectivity index (χ1v) is 9.19. The van der Waals surface area contributed by atoms with E-state index in [0.717, 1.165) is 31.6 Å². The number of unbranched alkanes of at least 4 members (excludes halogenated alkanes) is 1. The summed E-state index contributed by atoms with van der Waals surface area (Å²) < 4.78 is 5.58. The molecule has 3 nitrogen and oxygen atoms in total. The largest absolute Gasteiger partial charge is 0.494 e. The molecule has 0 aliphatic rings. The number of nitrogens with one attached hydrogen (secondary N) is 1. The molecule has 0 fully saturated rings. The summed E-state index contributed by atoms with van der Waals surface area (Å²) >= 11 is 0. The molecule has 0 aliphatic heterocycles. The average molecular weight is 336 g/mol. The molecule has 132 valence electrons. The molecule has 0 spiro atoms. The molecule has 0 atom stereocenters. The molecule has 0 bridgehead atoms. The van der Waals surface area contributed by atoms with Gasteiger partial charge >= 0.3 is 0 Å². The fourth-order valence-electron chi connectivity index (χ4n) is 3.51. The highest BCUT2D eigenvalue weighted by atomic mass is 16.5. The first-order valence-electron chi connectivity index (χ1n) is 9.19. The highest BCUT2D eigenvalue weighted by molar-refractivity contribution is 5.95. The van der Waals surface area contributed by atoms with Crippen molar-refractivity contribution in [3.8, 4) is 17.0 Å². The Kier molecular flexibility index (Phi) is 5.44. The average Bonchev–Trinajstić information content (AvgIpc) is 3.00. The molecule has 3 heteroatoms. The number of aromatic amines is 1. The van der Waals surface area contributed by atoms with E-state index < -0.39 is 0 Å². The molecule has 0 saturated carbocycles. The number of hydrogen-bond donors (Lipinski definition) is 2. The Morgan fingerprint density at radius 3 is 2.36 bits per heavy atom. The Bertz CT molecular complexity index is 847. The van der Waals surface area contributed by atoms with E-state index in [1.165, 1.54) is 38.9 Å². The van der Waals surface area contributed by atoms with Crippen LogP contribution in [0, 0.1) is 13.8 Å². The van der Waals surface area contributed by atoms with Crippen LogP contribution in [0.2, 0.25) is 0 Å². The number of rotatable bonds is 7. The zero-order chi connectivity index (χ0) is 17.8. The van der Waals surface area contributed by atoms with Gasteiger partial charge < -0.3 is 15.5 Å². The van der Waals surface area contributed by atoms with Gasteiger partial charge in [-0.25, -0.2) is 0 Å². The Morgan fingerprint density at radius 1 is 0.960 bits per heavy atom. The summed E-state index contributed by atoms with van der Waals surface area (Å²) in [6.45, 7) is 7.81. The van der Waals surface area contributed by atoms with E-state index in [9.17, 15) is 0 Å². The summed E-state index contributed by atoms with van der Waals surface area (Å²) in [5.41, 5.74) is 13.4. The third kappa shape index (κ3) is 3.57. The Morgan fingerprint density at radius 2 is 1.68 bits per heavy atom. The fraction of sp³-hybridized carbons (Fsp3) is 0.364. The lowest BCUT2D eigenvalue weighted by Gasteiger charge is -2.08. The van der Waals surface area contributed by atoms with Crippen molar-refractivity contribution in [2.75, 3.05) is 13.2 Å². The summed E-state index contributed by atoms with van der Waals surface area (Å²) in [7, 11) is 0. The highest BCUT2D eigenvalue weighted by Crippen LogP contribution is 2.35. The van der Waals surface area contributed by atoms with Gasteiger partial charge in [-0.3, -0.25) is 0 Å². The van der Waals surface area contributed by atoms with E-state index in [2.05, 4.69) is 43.1 Å². The predicted molar refractivity (Wildman–Crippen MR) is 106 cm³/mol. The van der Waals surface area contributed by atoms with Crippen LogP contribution < -0.4 is 10.5 Å².